The Balaban J connectivity index is 0.00000400. The van der Waals surface area contributed by atoms with Crippen molar-refractivity contribution < 1.29 is 9.18 Å². The summed E-state index contributed by atoms with van der Waals surface area (Å²) in [6.07, 6.45) is 0. The summed E-state index contributed by atoms with van der Waals surface area (Å²) in [5, 5.41) is 8.81. The van der Waals surface area contributed by atoms with Gasteiger partial charge in [-0.05, 0) is 13.0 Å². The summed E-state index contributed by atoms with van der Waals surface area (Å²) in [6, 6.07) is 6.56. The molecule has 0 bridgehead atoms. The van der Waals surface area contributed by atoms with E-state index in [0.717, 1.165) is 0 Å². The lowest BCUT2D eigenvalue weighted by molar-refractivity contribution is -0.118. The van der Waals surface area contributed by atoms with Crippen LogP contribution in [-0.4, -0.2) is 31.5 Å². The van der Waals surface area contributed by atoms with E-state index in [4.69, 9.17) is 0 Å². The first-order chi connectivity index (χ1) is 9.63. The van der Waals surface area contributed by atoms with Gasteiger partial charge in [-0.2, -0.15) is 0 Å². The highest BCUT2D eigenvalue weighted by atomic mass is 127. The molecule has 0 atom stereocenters. The lowest BCUT2D eigenvalue weighted by Gasteiger charge is -2.11. The van der Waals surface area contributed by atoms with Gasteiger partial charge in [0.05, 0.1) is 6.54 Å². The monoisotopic (exact) mass is 408 g/mol. The van der Waals surface area contributed by atoms with E-state index in [-0.39, 0.29) is 42.2 Å². The van der Waals surface area contributed by atoms with Gasteiger partial charge in [-0.3, -0.25) is 4.79 Å². The minimum Gasteiger partial charge on any atom is -0.357 e. The Labute approximate surface area is 141 Å². The smallest absolute Gasteiger partial charge is 0.216 e. The van der Waals surface area contributed by atoms with Crippen molar-refractivity contribution >= 4 is 35.8 Å². The van der Waals surface area contributed by atoms with Crippen LogP contribution in [0.3, 0.4) is 0 Å². The van der Waals surface area contributed by atoms with Crippen molar-refractivity contribution in [3.05, 3.63) is 35.6 Å². The second-order valence-corrected chi connectivity index (χ2v) is 4.20. The fraction of sp³-hybridized carbons (Fsp3) is 0.429. The number of aliphatic imine (C=N–C) groups is 1. The standard InChI is InChI=1S/C14H21FN4O.HI/c1-3-16-14(18-9-8-17-11(2)20)19-10-12-6-4-5-7-13(12)15;/h4-7H,3,8-10H2,1-2H3,(H,17,20)(H2,16,18,19);1H. The molecule has 1 amide bonds. The van der Waals surface area contributed by atoms with Crippen LogP contribution in [0.5, 0.6) is 0 Å². The molecule has 7 heteroatoms. The Morgan fingerprint density at radius 3 is 2.48 bits per heavy atom. The lowest BCUT2D eigenvalue weighted by Crippen LogP contribution is -2.41. The number of hydrogen-bond acceptors (Lipinski definition) is 2. The molecule has 0 aliphatic heterocycles. The number of halogens is 2. The molecule has 0 spiro atoms. The van der Waals surface area contributed by atoms with Crippen LogP contribution in [0.4, 0.5) is 4.39 Å². The maximum absolute atomic E-state index is 13.5. The Bertz CT molecular complexity index is 468. The molecule has 5 nitrogen and oxygen atoms in total. The first kappa shape index (κ1) is 19.6. The Hall–Kier alpha value is -1.38. The molecule has 0 saturated heterocycles. The van der Waals surface area contributed by atoms with Gasteiger partial charge < -0.3 is 16.0 Å². The van der Waals surface area contributed by atoms with Crippen molar-refractivity contribution in [2.45, 2.75) is 20.4 Å². The zero-order valence-electron chi connectivity index (χ0n) is 12.3. The lowest BCUT2D eigenvalue weighted by atomic mass is 10.2. The van der Waals surface area contributed by atoms with Gasteiger partial charge >= 0.3 is 0 Å². The Morgan fingerprint density at radius 1 is 1.19 bits per heavy atom. The number of amides is 1. The van der Waals surface area contributed by atoms with Crippen LogP contribution in [0.25, 0.3) is 0 Å². The quantitative estimate of drug-likeness (QED) is 0.290. The van der Waals surface area contributed by atoms with Gasteiger partial charge in [0, 0.05) is 32.1 Å². The zero-order chi connectivity index (χ0) is 14.8. The van der Waals surface area contributed by atoms with Gasteiger partial charge in [0.15, 0.2) is 5.96 Å². The number of hydrogen-bond donors (Lipinski definition) is 3. The molecule has 0 aliphatic carbocycles. The fourth-order valence-corrected chi connectivity index (χ4v) is 1.55. The third-order valence-electron chi connectivity index (χ3n) is 2.50. The molecule has 0 aliphatic rings. The number of benzene rings is 1. The van der Waals surface area contributed by atoms with E-state index >= 15 is 0 Å². The Morgan fingerprint density at radius 2 is 1.86 bits per heavy atom. The summed E-state index contributed by atoms with van der Waals surface area (Å²) in [5.41, 5.74) is 0.548. The molecule has 1 aromatic rings. The van der Waals surface area contributed by atoms with E-state index < -0.39 is 0 Å². The van der Waals surface area contributed by atoms with Crippen LogP contribution in [0.1, 0.15) is 19.4 Å². The van der Waals surface area contributed by atoms with E-state index in [1.807, 2.05) is 6.92 Å². The van der Waals surface area contributed by atoms with E-state index in [2.05, 4.69) is 20.9 Å². The summed E-state index contributed by atoms with van der Waals surface area (Å²) >= 11 is 0. The van der Waals surface area contributed by atoms with Crippen LogP contribution in [0.2, 0.25) is 0 Å². The number of guanidine groups is 1. The third-order valence-corrected chi connectivity index (χ3v) is 2.50. The summed E-state index contributed by atoms with van der Waals surface area (Å²) in [4.78, 5) is 15.0. The first-order valence-electron chi connectivity index (χ1n) is 6.63. The SMILES string of the molecule is CCNC(=NCc1ccccc1F)NCCNC(C)=O.I. The first-order valence-corrected chi connectivity index (χ1v) is 6.63. The second kappa shape index (κ2) is 11.3. The number of carbonyl (C=O) groups excluding carboxylic acids is 1. The van der Waals surface area contributed by atoms with E-state index in [1.165, 1.54) is 13.0 Å². The van der Waals surface area contributed by atoms with Crippen molar-refractivity contribution in [2.24, 2.45) is 4.99 Å². The van der Waals surface area contributed by atoms with Gasteiger partial charge in [0.25, 0.3) is 0 Å². The summed E-state index contributed by atoms with van der Waals surface area (Å²) in [5.74, 6) is 0.270. The normalized spacial score (nSPS) is 10.5. The highest BCUT2D eigenvalue weighted by Gasteiger charge is 2.01. The van der Waals surface area contributed by atoms with E-state index in [9.17, 15) is 9.18 Å². The largest absolute Gasteiger partial charge is 0.357 e. The molecule has 21 heavy (non-hydrogen) atoms. The minimum absolute atomic E-state index is 0. The maximum atomic E-state index is 13.5. The molecule has 0 saturated carbocycles. The molecule has 1 aromatic carbocycles. The summed E-state index contributed by atoms with van der Waals surface area (Å²) in [7, 11) is 0. The zero-order valence-corrected chi connectivity index (χ0v) is 14.6. The van der Waals surface area contributed by atoms with Crippen molar-refractivity contribution in [2.75, 3.05) is 19.6 Å². The second-order valence-electron chi connectivity index (χ2n) is 4.20. The predicted octanol–water partition coefficient (Wildman–Crippen LogP) is 1.63. The minimum atomic E-state index is -0.259. The number of carbonyl (C=O) groups is 1. The van der Waals surface area contributed by atoms with E-state index in [0.29, 0.717) is 31.2 Å². The van der Waals surface area contributed by atoms with Crippen molar-refractivity contribution in [1.29, 1.82) is 0 Å². The van der Waals surface area contributed by atoms with Gasteiger partial charge in [0.1, 0.15) is 5.82 Å². The molecule has 0 aromatic heterocycles. The van der Waals surface area contributed by atoms with Gasteiger partial charge in [-0.25, -0.2) is 9.38 Å². The molecule has 0 fully saturated rings. The highest BCUT2D eigenvalue weighted by molar-refractivity contribution is 14.0. The summed E-state index contributed by atoms with van der Waals surface area (Å²) < 4.78 is 13.5. The topological polar surface area (TPSA) is 65.5 Å². The molecule has 3 N–H and O–H groups in total. The van der Waals surface area contributed by atoms with Gasteiger partial charge in [-0.1, -0.05) is 18.2 Å². The Kier molecular flexibility index (Phi) is 10.6. The van der Waals surface area contributed by atoms with Gasteiger partial charge in [0.2, 0.25) is 5.91 Å². The maximum Gasteiger partial charge on any atom is 0.216 e. The third kappa shape index (κ3) is 8.49. The van der Waals surface area contributed by atoms with Crippen molar-refractivity contribution in [3.63, 3.8) is 0 Å². The average molecular weight is 408 g/mol. The molecular formula is C14H22FIN4O. The molecular weight excluding hydrogens is 386 g/mol. The van der Waals surface area contributed by atoms with Crippen LogP contribution < -0.4 is 16.0 Å². The van der Waals surface area contributed by atoms with Gasteiger partial charge in [-0.15, -0.1) is 24.0 Å². The summed E-state index contributed by atoms with van der Waals surface area (Å²) in [6.45, 7) is 5.47. The van der Waals surface area contributed by atoms with Crippen molar-refractivity contribution in [1.82, 2.24) is 16.0 Å². The van der Waals surface area contributed by atoms with E-state index in [1.54, 1.807) is 18.2 Å². The number of nitrogens with one attached hydrogen (secondary N) is 3. The number of rotatable bonds is 6. The average Bonchev–Trinajstić information content (AvgIpc) is 2.42. The molecule has 1 rings (SSSR count). The predicted molar refractivity (Wildman–Crippen MR) is 93.3 cm³/mol. The van der Waals surface area contributed by atoms with Crippen molar-refractivity contribution in [3.8, 4) is 0 Å². The van der Waals surface area contributed by atoms with Crippen LogP contribution in [0, 0.1) is 5.82 Å². The van der Waals surface area contributed by atoms with Crippen LogP contribution in [-0.2, 0) is 11.3 Å². The molecule has 118 valence electrons. The molecule has 0 heterocycles. The fourth-order valence-electron chi connectivity index (χ4n) is 1.55. The van der Waals surface area contributed by atoms with Crippen LogP contribution >= 0.6 is 24.0 Å². The van der Waals surface area contributed by atoms with Crippen LogP contribution in [0.15, 0.2) is 29.3 Å². The highest BCUT2D eigenvalue weighted by Crippen LogP contribution is 2.07. The molecule has 0 unspecified atom stereocenters. The number of nitrogens with zero attached hydrogens (tertiary/aromatic N) is 1. The molecule has 0 radical (unpaired) electrons.